The normalized spacial score (nSPS) is 12.1. The van der Waals surface area contributed by atoms with Gasteiger partial charge in [-0.2, -0.15) is 0 Å². The predicted octanol–water partition coefficient (Wildman–Crippen LogP) is 3.92. The van der Waals surface area contributed by atoms with Gasteiger partial charge in [-0.1, -0.05) is 37.1 Å². The molecule has 0 aliphatic heterocycles. The highest BCUT2D eigenvalue weighted by molar-refractivity contribution is 5.20. The van der Waals surface area contributed by atoms with Gasteiger partial charge in [0.05, 0.1) is 6.61 Å². The Balaban J connectivity index is 2.00. The first kappa shape index (κ1) is 14.8. The third kappa shape index (κ3) is 7.13. The summed E-state index contributed by atoms with van der Waals surface area (Å²) in [6.45, 7) is 4.43. The Bertz CT molecular complexity index is 310. The van der Waals surface area contributed by atoms with E-state index in [4.69, 9.17) is 10.5 Å². The van der Waals surface area contributed by atoms with E-state index in [2.05, 4.69) is 6.58 Å². The average Bonchev–Trinajstić information content (AvgIpc) is 2.40. The van der Waals surface area contributed by atoms with Crippen molar-refractivity contribution in [1.82, 2.24) is 0 Å². The Morgan fingerprint density at radius 3 is 2.61 bits per heavy atom. The van der Waals surface area contributed by atoms with Gasteiger partial charge in [0.2, 0.25) is 0 Å². The van der Waals surface area contributed by atoms with Crippen molar-refractivity contribution < 1.29 is 4.74 Å². The Morgan fingerprint density at radius 2 is 1.89 bits per heavy atom. The maximum atomic E-state index is 6.05. The molecule has 2 nitrogen and oxygen atoms in total. The van der Waals surface area contributed by atoms with Crippen molar-refractivity contribution in [3.8, 4) is 5.75 Å². The average molecular weight is 247 g/mol. The van der Waals surface area contributed by atoms with Crippen LogP contribution < -0.4 is 10.5 Å². The van der Waals surface area contributed by atoms with Gasteiger partial charge in [0.25, 0.3) is 0 Å². The molecule has 1 aromatic rings. The number of rotatable bonds is 10. The van der Waals surface area contributed by atoms with E-state index in [0.29, 0.717) is 6.61 Å². The van der Waals surface area contributed by atoms with Gasteiger partial charge < -0.3 is 10.5 Å². The summed E-state index contributed by atoms with van der Waals surface area (Å²) < 4.78 is 5.63. The number of unbranched alkanes of at least 4 members (excludes halogenated alkanes) is 3. The van der Waals surface area contributed by atoms with Crippen LogP contribution in [0.5, 0.6) is 5.75 Å². The molecule has 2 heteroatoms. The number of hydrogen-bond donors (Lipinski definition) is 1. The Labute approximate surface area is 111 Å². The number of allylic oxidation sites excluding steroid dienone is 1. The van der Waals surface area contributed by atoms with Gasteiger partial charge in [-0.05, 0) is 37.8 Å². The van der Waals surface area contributed by atoms with Gasteiger partial charge in [-0.25, -0.2) is 0 Å². The van der Waals surface area contributed by atoms with Crippen LogP contribution in [0.1, 0.15) is 38.5 Å². The molecule has 0 spiro atoms. The van der Waals surface area contributed by atoms with Crippen molar-refractivity contribution in [3.05, 3.63) is 43.0 Å². The topological polar surface area (TPSA) is 35.2 Å². The molecule has 0 aromatic heterocycles. The molecule has 1 rings (SSSR count). The number of nitrogens with two attached hydrogens (primary N) is 1. The van der Waals surface area contributed by atoms with Crippen LogP contribution in [0.3, 0.4) is 0 Å². The van der Waals surface area contributed by atoms with Crippen molar-refractivity contribution in [2.45, 2.75) is 44.6 Å². The summed E-state index contributed by atoms with van der Waals surface area (Å²) >= 11 is 0. The molecular weight excluding hydrogens is 222 g/mol. The van der Waals surface area contributed by atoms with Crippen LogP contribution in [0.15, 0.2) is 43.0 Å². The summed E-state index contributed by atoms with van der Waals surface area (Å²) in [6, 6.07) is 10.2. The van der Waals surface area contributed by atoms with Gasteiger partial charge in [0.1, 0.15) is 5.75 Å². The summed E-state index contributed by atoms with van der Waals surface area (Å²) in [5.41, 5.74) is 6.05. The van der Waals surface area contributed by atoms with Gasteiger partial charge >= 0.3 is 0 Å². The van der Waals surface area contributed by atoms with Gasteiger partial charge in [-0.3, -0.25) is 0 Å². The molecule has 0 heterocycles. The quantitative estimate of drug-likeness (QED) is 0.502. The minimum Gasteiger partial charge on any atom is -0.494 e. The maximum Gasteiger partial charge on any atom is 0.119 e. The third-order valence-electron chi connectivity index (χ3n) is 2.98. The lowest BCUT2D eigenvalue weighted by molar-refractivity contribution is 0.293. The van der Waals surface area contributed by atoms with Crippen LogP contribution in [-0.4, -0.2) is 12.6 Å². The summed E-state index contributed by atoms with van der Waals surface area (Å²) in [7, 11) is 0. The van der Waals surface area contributed by atoms with Crippen molar-refractivity contribution in [1.29, 1.82) is 0 Å². The van der Waals surface area contributed by atoms with E-state index in [1.165, 1.54) is 19.3 Å². The van der Waals surface area contributed by atoms with Crippen LogP contribution >= 0.6 is 0 Å². The van der Waals surface area contributed by atoms with E-state index in [0.717, 1.165) is 25.0 Å². The zero-order valence-corrected chi connectivity index (χ0v) is 11.2. The second-order valence-electron chi connectivity index (χ2n) is 4.64. The zero-order valence-electron chi connectivity index (χ0n) is 11.2. The fraction of sp³-hybridized carbons (Fsp3) is 0.500. The lowest BCUT2D eigenvalue weighted by Gasteiger charge is -2.12. The van der Waals surface area contributed by atoms with Crippen molar-refractivity contribution >= 4 is 0 Å². The van der Waals surface area contributed by atoms with Crippen LogP contribution in [0.4, 0.5) is 0 Å². The van der Waals surface area contributed by atoms with Crippen LogP contribution in [0.25, 0.3) is 0 Å². The molecule has 18 heavy (non-hydrogen) atoms. The number of hydrogen-bond acceptors (Lipinski definition) is 2. The fourth-order valence-electron chi connectivity index (χ4n) is 1.86. The molecule has 0 amide bonds. The first-order valence-corrected chi connectivity index (χ1v) is 6.87. The van der Waals surface area contributed by atoms with Gasteiger partial charge in [0, 0.05) is 6.04 Å². The molecule has 1 atom stereocenters. The van der Waals surface area contributed by atoms with Crippen molar-refractivity contribution in [2.24, 2.45) is 5.73 Å². The van der Waals surface area contributed by atoms with E-state index >= 15 is 0 Å². The van der Waals surface area contributed by atoms with Gasteiger partial charge in [-0.15, -0.1) is 6.58 Å². The highest BCUT2D eigenvalue weighted by Gasteiger charge is 2.02. The summed E-state index contributed by atoms with van der Waals surface area (Å²) in [4.78, 5) is 0. The zero-order chi connectivity index (χ0) is 13.1. The lowest BCUT2D eigenvalue weighted by Crippen LogP contribution is -2.22. The standard InChI is InChI=1S/C16H25NO/c1-2-3-4-5-7-10-15(17)13-14-18-16-11-8-6-9-12-16/h2,6,8-9,11-12,15H,1,3-5,7,10,13-14,17H2. The largest absolute Gasteiger partial charge is 0.494 e. The highest BCUT2D eigenvalue weighted by atomic mass is 16.5. The second-order valence-corrected chi connectivity index (χ2v) is 4.64. The minimum atomic E-state index is 0.262. The fourth-order valence-corrected chi connectivity index (χ4v) is 1.86. The summed E-state index contributed by atoms with van der Waals surface area (Å²) in [5.74, 6) is 0.927. The summed E-state index contributed by atoms with van der Waals surface area (Å²) in [6.07, 6.45) is 8.81. The van der Waals surface area contributed by atoms with Crippen molar-refractivity contribution in [3.63, 3.8) is 0 Å². The summed E-state index contributed by atoms with van der Waals surface area (Å²) in [5, 5.41) is 0. The Morgan fingerprint density at radius 1 is 1.11 bits per heavy atom. The molecule has 2 N–H and O–H groups in total. The maximum absolute atomic E-state index is 6.05. The molecule has 0 saturated carbocycles. The first-order chi connectivity index (χ1) is 8.83. The van der Waals surface area contributed by atoms with E-state index < -0.39 is 0 Å². The highest BCUT2D eigenvalue weighted by Crippen LogP contribution is 2.10. The van der Waals surface area contributed by atoms with E-state index in [9.17, 15) is 0 Å². The molecule has 100 valence electrons. The number of ether oxygens (including phenoxy) is 1. The molecule has 0 saturated heterocycles. The first-order valence-electron chi connectivity index (χ1n) is 6.87. The van der Waals surface area contributed by atoms with Crippen LogP contribution in [-0.2, 0) is 0 Å². The lowest BCUT2D eigenvalue weighted by atomic mass is 10.1. The Hall–Kier alpha value is -1.28. The van der Waals surface area contributed by atoms with E-state index in [1.807, 2.05) is 36.4 Å². The van der Waals surface area contributed by atoms with Crippen LogP contribution in [0, 0.1) is 0 Å². The molecule has 1 unspecified atom stereocenters. The Kier molecular flexibility index (Phi) is 7.98. The second kappa shape index (κ2) is 9.72. The van der Waals surface area contributed by atoms with E-state index in [-0.39, 0.29) is 6.04 Å². The molecule has 0 aliphatic carbocycles. The number of para-hydroxylation sites is 1. The SMILES string of the molecule is C=CCCCCCC(N)CCOc1ccccc1. The minimum absolute atomic E-state index is 0.262. The molecule has 0 aliphatic rings. The monoisotopic (exact) mass is 247 g/mol. The molecule has 1 aromatic carbocycles. The molecule has 0 bridgehead atoms. The predicted molar refractivity (Wildman–Crippen MR) is 77.8 cm³/mol. The smallest absolute Gasteiger partial charge is 0.119 e. The van der Waals surface area contributed by atoms with Crippen molar-refractivity contribution in [2.75, 3.05) is 6.61 Å². The van der Waals surface area contributed by atoms with Gasteiger partial charge in [0.15, 0.2) is 0 Å². The number of benzene rings is 1. The third-order valence-corrected chi connectivity index (χ3v) is 2.98. The molecular formula is C16H25NO. The van der Waals surface area contributed by atoms with E-state index in [1.54, 1.807) is 0 Å². The molecule has 0 fully saturated rings. The van der Waals surface area contributed by atoms with Crippen LogP contribution in [0.2, 0.25) is 0 Å². The molecule has 0 radical (unpaired) electrons.